The van der Waals surface area contributed by atoms with Gasteiger partial charge in [-0.15, -0.1) is 5.10 Å². The van der Waals surface area contributed by atoms with E-state index in [1.165, 1.54) is 4.68 Å². The molecule has 9 nitrogen and oxygen atoms in total. The largest absolute Gasteiger partial charge is 0.346 e. The van der Waals surface area contributed by atoms with Crippen molar-refractivity contribution in [2.24, 2.45) is 0 Å². The van der Waals surface area contributed by atoms with Gasteiger partial charge in [-0.3, -0.25) is 14.4 Å². The Hall–Kier alpha value is -2.45. The van der Waals surface area contributed by atoms with Crippen LogP contribution in [0.25, 0.3) is 0 Å². The molecule has 0 aromatic carbocycles. The summed E-state index contributed by atoms with van der Waals surface area (Å²) in [4.78, 5) is 36.2. The fourth-order valence-corrected chi connectivity index (χ4v) is 2.01. The fraction of sp³-hybridized carbons (Fsp3) is 0.615. The predicted octanol–water partition coefficient (Wildman–Crippen LogP) is -0.961. The van der Waals surface area contributed by atoms with Crippen LogP contribution >= 0.6 is 0 Å². The van der Waals surface area contributed by atoms with Gasteiger partial charge in [0.15, 0.2) is 0 Å². The molecule has 0 aliphatic carbocycles. The standard InChI is InChI=1S/C13H20N6O3/c1-6-10-5-19(18-17-10)9(4)13(22)16-8(3)12(21)15-7(2)11(20)14-6/h5-9H,1-4H3,(H,14,20)(H,15,21)(H,16,22)/t6-,7+,8+,9+/m0/s1. The van der Waals surface area contributed by atoms with Crippen molar-refractivity contribution in [3.63, 3.8) is 0 Å². The van der Waals surface area contributed by atoms with Crippen LogP contribution in [0.1, 0.15) is 45.5 Å². The van der Waals surface area contributed by atoms with Gasteiger partial charge in [-0.1, -0.05) is 5.21 Å². The van der Waals surface area contributed by atoms with Crippen molar-refractivity contribution in [1.29, 1.82) is 0 Å². The summed E-state index contributed by atoms with van der Waals surface area (Å²) in [7, 11) is 0. The molecule has 3 N–H and O–H groups in total. The Morgan fingerprint density at radius 3 is 1.95 bits per heavy atom. The minimum atomic E-state index is -0.758. The third-order valence-electron chi connectivity index (χ3n) is 3.61. The number of hydrogen-bond donors (Lipinski definition) is 3. The molecule has 1 aliphatic rings. The molecule has 3 amide bonds. The monoisotopic (exact) mass is 308 g/mol. The summed E-state index contributed by atoms with van der Waals surface area (Å²) >= 11 is 0. The lowest BCUT2D eigenvalue weighted by molar-refractivity contribution is -0.132. The fourth-order valence-electron chi connectivity index (χ4n) is 2.01. The third-order valence-corrected chi connectivity index (χ3v) is 3.61. The van der Waals surface area contributed by atoms with E-state index in [1.807, 2.05) is 0 Å². The summed E-state index contributed by atoms with van der Waals surface area (Å²) in [6.07, 6.45) is 1.61. The molecule has 0 radical (unpaired) electrons. The molecule has 0 spiro atoms. The van der Waals surface area contributed by atoms with E-state index in [-0.39, 0.29) is 17.9 Å². The van der Waals surface area contributed by atoms with E-state index in [0.29, 0.717) is 5.69 Å². The molecule has 4 atom stereocenters. The Labute approximate surface area is 127 Å². The Kier molecular flexibility index (Phi) is 4.43. The molecule has 1 aromatic rings. The smallest absolute Gasteiger partial charge is 0.245 e. The van der Waals surface area contributed by atoms with Crippen LogP contribution in [0.4, 0.5) is 0 Å². The molecule has 1 aromatic heterocycles. The molecule has 2 heterocycles. The van der Waals surface area contributed by atoms with E-state index in [0.717, 1.165) is 0 Å². The number of amides is 3. The molecular formula is C13H20N6O3. The molecule has 0 fully saturated rings. The first kappa shape index (κ1) is 15.9. The van der Waals surface area contributed by atoms with Gasteiger partial charge in [-0.2, -0.15) is 0 Å². The van der Waals surface area contributed by atoms with E-state index >= 15 is 0 Å². The lowest BCUT2D eigenvalue weighted by atomic mass is 10.2. The zero-order chi connectivity index (χ0) is 16.4. The van der Waals surface area contributed by atoms with Gasteiger partial charge in [-0.25, -0.2) is 4.68 Å². The van der Waals surface area contributed by atoms with Crippen LogP contribution in [0.2, 0.25) is 0 Å². The Morgan fingerprint density at radius 2 is 1.36 bits per heavy atom. The van der Waals surface area contributed by atoms with Crippen molar-refractivity contribution in [3.05, 3.63) is 11.9 Å². The second-order valence-electron chi connectivity index (χ2n) is 5.49. The number of carbonyl (C=O) groups excluding carboxylic acids is 3. The summed E-state index contributed by atoms with van der Waals surface area (Å²) in [6.45, 7) is 6.55. The zero-order valence-electron chi connectivity index (χ0n) is 13.0. The Bertz CT molecular complexity index is 598. The van der Waals surface area contributed by atoms with Gasteiger partial charge < -0.3 is 16.0 Å². The maximum atomic E-state index is 12.1. The lowest BCUT2D eigenvalue weighted by Crippen LogP contribution is -2.52. The summed E-state index contributed by atoms with van der Waals surface area (Å²) < 4.78 is 1.40. The zero-order valence-corrected chi connectivity index (χ0v) is 13.0. The highest BCUT2D eigenvalue weighted by molar-refractivity contribution is 5.92. The van der Waals surface area contributed by atoms with Crippen LogP contribution in [0.3, 0.4) is 0 Å². The number of aromatic nitrogens is 3. The first-order chi connectivity index (χ1) is 10.3. The van der Waals surface area contributed by atoms with Crippen LogP contribution in [0, 0.1) is 0 Å². The van der Waals surface area contributed by atoms with E-state index < -0.39 is 24.0 Å². The van der Waals surface area contributed by atoms with Gasteiger partial charge in [0.25, 0.3) is 0 Å². The van der Waals surface area contributed by atoms with Gasteiger partial charge in [0.05, 0.1) is 12.2 Å². The Balaban J connectivity index is 2.32. The average Bonchev–Trinajstić information content (AvgIpc) is 2.94. The minimum Gasteiger partial charge on any atom is -0.346 e. The molecule has 22 heavy (non-hydrogen) atoms. The average molecular weight is 308 g/mol. The number of nitrogens with zero attached hydrogens (tertiary/aromatic N) is 3. The van der Waals surface area contributed by atoms with Crippen molar-refractivity contribution in [2.75, 3.05) is 0 Å². The summed E-state index contributed by atoms with van der Waals surface area (Å²) in [5.41, 5.74) is 0.541. The highest BCUT2D eigenvalue weighted by atomic mass is 16.2. The summed E-state index contributed by atoms with van der Waals surface area (Å²) in [6, 6.07) is -2.47. The molecule has 0 saturated heterocycles. The van der Waals surface area contributed by atoms with Crippen LogP contribution in [-0.2, 0) is 14.4 Å². The third kappa shape index (κ3) is 3.23. The van der Waals surface area contributed by atoms with E-state index in [2.05, 4.69) is 26.3 Å². The second-order valence-corrected chi connectivity index (χ2v) is 5.49. The number of nitrogens with one attached hydrogen (secondary N) is 3. The second kappa shape index (κ2) is 6.12. The van der Waals surface area contributed by atoms with E-state index in [4.69, 9.17) is 0 Å². The minimum absolute atomic E-state index is 0.332. The van der Waals surface area contributed by atoms with Crippen molar-refractivity contribution < 1.29 is 14.4 Å². The van der Waals surface area contributed by atoms with Gasteiger partial charge in [-0.05, 0) is 27.7 Å². The van der Waals surface area contributed by atoms with E-state index in [9.17, 15) is 14.4 Å². The van der Waals surface area contributed by atoms with Gasteiger partial charge >= 0.3 is 0 Å². The highest BCUT2D eigenvalue weighted by Gasteiger charge is 2.26. The molecule has 0 saturated carbocycles. The van der Waals surface area contributed by atoms with Crippen LogP contribution in [-0.4, -0.2) is 44.8 Å². The van der Waals surface area contributed by atoms with Crippen molar-refractivity contribution in [3.8, 4) is 0 Å². The molecular weight excluding hydrogens is 288 g/mol. The first-order valence-corrected chi connectivity index (χ1v) is 7.12. The van der Waals surface area contributed by atoms with Crippen molar-refractivity contribution >= 4 is 17.7 Å². The molecule has 0 unspecified atom stereocenters. The Morgan fingerprint density at radius 1 is 0.864 bits per heavy atom. The SMILES string of the molecule is C[C@@H]1NC(=O)[C@@H](C)NC(=O)[C@@H](C)NC(=O)[C@@H](C)n2cc1nn2. The van der Waals surface area contributed by atoms with Crippen LogP contribution in [0.15, 0.2) is 6.20 Å². The maximum Gasteiger partial charge on any atom is 0.245 e. The number of hydrogen-bond acceptors (Lipinski definition) is 5. The first-order valence-electron chi connectivity index (χ1n) is 7.12. The van der Waals surface area contributed by atoms with Crippen molar-refractivity contribution in [2.45, 2.75) is 51.9 Å². The van der Waals surface area contributed by atoms with Gasteiger partial charge in [0, 0.05) is 0 Å². The molecule has 1 aliphatic heterocycles. The normalized spacial score (nSPS) is 30.3. The molecule has 2 rings (SSSR count). The lowest BCUT2D eigenvalue weighted by Gasteiger charge is -2.20. The van der Waals surface area contributed by atoms with Crippen LogP contribution in [0.5, 0.6) is 0 Å². The van der Waals surface area contributed by atoms with Crippen LogP contribution < -0.4 is 16.0 Å². The van der Waals surface area contributed by atoms with Crippen molar-refractivity contribution in [1.82, 2.24) is 30.9 Å². The van der Waals surface area contributed by atoms with Gasteiger partial charge in [0.1, 0.15) is 23.8 Å². The molecule has 120 valence electrons. The van der Waals surface area contributed by atoms with E-state index in [1.54, 1.807) is 33.9 Å². The van der Waals surface area contributed by atoms with Gasteiger partial charge in [0.2, 0.25) is 17.7 Å². The number of carbonyl (C=O) groups is 3. The summed E-state index contributed by atoms with van der Waals surface area (Å²) in [5, 5.41) is 15.8. The predicted molar refractivity (Wildman–Crippen MR) is 76.5 cm³/mol. The quantitative estimate of drug-likeness (QED) is 0.570. The topological polar surface area (TPSA) is 118 Å². The number of fused-ring (bicyclic) bond motifs is 2. The molecule has 9 heteroatoms. The highest BCUT2D eigenvalue weighted by Crippen LogP contribution is 2.12. The molecule has 2 bridgehead atoms. The number of rotatable bonds is 0. The summed E-state index contributed by atoms with van der Waals surface area (Å²) in [5.74, 6) is -1.10. The maximum absolute atomic E-state index is 12.1.